The van der Waals surface area contributed by atoms with E-state index in [1.165, 1.54) is 6.08 Å². The minimum atomic E-state index is -0.905. The number of carbonyl (C=O) groups is 1. The Hall–Kier alpha value is -1.09. The van der Waals surface area contributed by atoms with Crippen molar-refractivity contribution in [2.45, 2.75) is 13.3 Å². The van der Waals surface area contributed by atoms with E-state index in [0.717, 1.165) is 15.6 Å². The maximum atomic E-state index is 10.6. The van der Waals surface area contributed by atoms with Crippen molar-refractivity contribution in [3.63, 3.8) is 0 Å². The van der Waals surface area contributed by atoms with Crippen LogP contribution < -0.4 is 0 Å². The highest BCUT2D eigenvalue weighted by atomic mass is 79.9. The van der Waals surface area contributed by atoms with Gasteiger partial charge in [-0.1, -0.05) is 41.1 Å². The van der Waals surface area contributed by atoms with Crippen molar-refractivity contribution in [1.82, 2.24) is 0 Å². The van der Waals surface area contributed by atoms with Crippen LogP contribution >= 0.6 is 15.9 Å². The van der Waals surface area contributed by atoms with Crippen LogP contribution in [0.2, 0.25) is 0 Å². The van der Waals surface area contributed by atoms with Crippen LogP contribution in [0.25, 0.3) is 5.57 Å². The van der Waals surface area contributed by atoms with Gasteiger partial charge in [-0.2, -0.15) is 0 Å². The first-order chi connectivity index (χ1) is 6.65. The van der Waals surface area contributed by atoms with Crippen LogP contribution in [0.4, 0.5) is 0 Å². The van der Waals surface area contributed by atoms with E-state index < -0.39 is 5.97 Å². The van der Waals surface area contributed by atoms with Crippen molar-refractivity contribution in [3.8, 4) is 0 Å². The summed E-state index contributed by atoms with van der Waals surface area (Å²) in [6.45, 7) is 1.94. The van der Waals surface area contributed by atoms with Gasteiger partial charge in [0.1, 0.15) is 0 Å². The fourth-order valence-corrected chi connectivity index (χ4v) is 1.78. The topological polar surface area (TPSA) is 37.3 Å². The lowest BCUT2D eigenvalue weighted by molar-refractivity contribution is -0.131. The largest absolute Gasteiger partial charge is 0.478 e. The smallest absolute Gasteiger partial charge is 0.328 e. The molecule has 1 N–H and O–H groups in total. The van der Waals surface area contributed by atoms with Crippen molar-refractivity contribution in [3.05, 3.63) is 40.4 Å². The Morgan fingerprint density at radius 1 is 1.50 bits per heavy atom. The predicted molar refractivity (Wildman–Crippen MR) is 60.0 cm³/mol. The number of halogens is 1. The van der Waals surface area contributed by atoms with Gasteiger partial charge in [0.15, 0.2) is 0 Å². The van der Waals surface area contributed by atoms with Crippen molar-refractivity contribution in [1.29, 1.82) is 0 Å². The number of carboxylic acids is 1. The summed E-state index contributed by atoms with van der Waals surface area (Å²) in [7, 11) is 0. The second kappa shape index (κ2) is 4.96. The zero-order valence-electron chi connectivity index (χ0n) is 7.83. The van der Waals surface area contributed by atoms with Gasteiger partial charge < -0.3 is 5.11 Å². The van der Waals surface area contributed by atoms with Gasteiger partial charge in [0.05, 0.1) is 0 Å². The summed E-state index contributed by atoms with van der Waals surface area (Å²) >= 11 is 3.39. The van der Waals surface area contributed by atoms with Gasteiger partial charge in [-0.05, 0) is 23.6 Å². The predicted octanol–water partition coefficient (Wildman–Crippen LogP) is 3.33. The summed E-state index contributed by atoms with van der Waals surface area (Å²) in [5.74, 6) is -0.905. The van der Waals surface area contributed by atoms with Crippen LogP contribution in [0, 0.1) is 0 Å². The third kappa shape index (κ3) is 2.70. The number of benzene rings is 1. The van der Waals surface area contributed by atoms with Gasteiger partial charge in [0.2, 0.25) is 0 Å². The zero-order chi connectivity index (χ0) is 10.6. The molecule has 0 spiro atoms. The number of carboxylic acid groups (broad SMARTS) is 1. The van der Waals surface area contributed by atoms with Gasteiger partial charge >= 0.3 is 5.97 Å². The molecule has 0 aliphatic carbocycles. The number of hydrogen-bond donors (Lipinski definition) is 1. The van der Waals surface area contributed by atoms with Crippen molar-refractivity contribution >= 4 is 27.5 Å². The minimum absolute atomic E-state index is 0.703. The van der Waals surface area contributed by atoms with Crippen LogP contribution in [0.1, 0.15) is 18.9 Å². The summed E-state index contributed by atoms with van der Waals surface area (Å²) < 4.78 is 0.925. The first-order valence-corrected chi connectivity index (χ1v) is 5.13. The summed E-state index contributed by atoms with van der Waals surface area (Å²) in [5.41, 5.74) is 1.77. The highest BCUT2D eigenvalue weighted by Gasteiger charge is 2.04. The van der Waals surface area contributed by atoms with Crippen LogP contribution in [0.5, 0.6) is 0 Å². The molecule has 0 unspecified atom stereocenters. The van der Waals surface area contributed by atoms with E-state index in [1.54, 1.807) is 0 Å². The molecule has 1 aromatic rings. The quantitative estimate of drug-likeness (QED) is 0.841. The van der Waals surface area contributed by atoms with E-state index in [1.807, 2.05) is 31.2 Å². The van der Waals surface area contributed by atoms with Crippen LogP contribution in [-0.2, 0) is 4.79 Å². The first kappa shape index (κ1) is 11.0. The van der Waals surface area contributed by atoms with Gasteiger partial charge in [0.25, 0.3) is 0 Å². The Bertz CT molecular complexity index is 369. The van der Waals surface area contributed by atoms with E-state index in [9.17, 15) is 4.79 Å². The molecule has 0 fully saturated rings. The van der Waals surface area contributed by atoms with E-state index in [0.29, 0.717) is 6.42 Å². The average molecular weight is 255 g/mol. The zero-order valence-corrected chi connectivity index (χ0v) is 9.41. The molecule has 0 saturated heterocycles. The molecule has 0 radical (unpaired) electrons. The molecule has 0 atom stereocenters. The number of rotatable bonds is 3. The lowest BCUT2D eigenvalue weighted by Gasteiger charge is -2.05. The highest BCUT2D eigenvalue weighted by Crippen LogP contribution is 2.25. The molecule has 74 valence electrons. The fourth-order valence-electron chi connectivity index (χ4n) is 1.24. The molecule has 0 aromatic heterocycles. The van der Waals surface area contributed by atoms with Crippen molar-refractivity contribution in [2.75, 3.05) is 0 Å². The monoisotopic (exact) mass is 254 g/mol. The maximum absolute atomic E-state index is 10.6. The van der Waals surface area contributed by atoms with E-state index >= 15 is 0 Å². The minimum Gasteiger partial charge on any atom is -0.478 e. The molecule has 0 saturated carbocycles. The second-order valence-electron chi connectivity index (χ2n) is 2.84. The van der Waals surface area contributed by atoms with E-state index in [-0.39, 0.29) is 0 Å². The average Bonchev–Trinajstić information content (AvgIpc) is 2.15. The molecule has 0 aliphatic heterocycles. The lowest BCUT2D eigenvalue weighted by Crippen LogP contribution is -1.92. The SMILES string of the molecule is CCC(=CC(=O)O)c1ccccc1Br. The summed E-state index contributed by atoms with van der Waals surface area (Å²) in [6.07, 6.45) is 1.95. The summed E-state index contributed by atoms with van der Waals surface area (Å²) in [6, 6.07) is 7.61. The highest BCUT2D eigenvalue weighted by molar-refractivity contribution is 9.10. The Morgan fingerprint density at radius 3 is 2.64 bits per heavy atom. The normalized spacial score (nSPS) is 11.4. The van der Waals surface area contributed by atoms with Gasteiger partial charge in [-0.3, -0.25) is 0 Å². The molecule has 1 rings (SSSR count). The lowest BCUT2D eigenvalue weighted by atomic mass is 10.0. The van der Waals surface area contributed by atoms with Crippen LogP contribution in [0.3, 0.4) is 0 Å². The fraction of sp³-hybridized carbons (Fsp3) is 0.182. The Labute approximate surface area is 91.4 Å². The second-order valence-corrected chi connectivity index (χ2v) is 3.70. The number of allylic oxidation sites excluding steroid dienone is 1. The third-order valence-electron chi connectivity index (χ3n) is 1.90. The van der Waals surface area contributed by atoms with Crippen LogP contribution in [0.15, 0.2) is 34.8 Å². The molecule has 14 heavy (non-hydrogen) atoms. The molecule has 0 bridgehead atoms. The number of aliphatic carboxylic acids is 1. The standard InChI is InChI=1S/C11H11BrO2/c1-2-8(7-11(13)14)9-5-3-4-6-10(9)12/h3-7H,2H2,1H3,(H,13,14). The Kier molecular flexibility index (Phi) is 3.89. The Balaban J connectivity index is 3.13. The molecule has 1 aromatic carbocycles. The van der Waals surface area contributed by atoms with Gasteiger partial charge in [-0.25, -0.2) is 4.79 Å². The molecule has 0 amide bonds. The first-order valence-electron chi connectivity index (χ1n) is 4.33. The maximum Gasteiger partial charge on any atom is 0.328 e. The van der Waals surface area contributed by atoms with Gasteiger partial charge in [-0.15, -0.1) is 0 Å². The molecule has 2 nitrogen and oxygen atoms in total. The Morgan fingerprint density at radius 2 is 2.14 bits per heavy atom. The molecule has 0 heterocycles. The third-order valence-corrected chi connectivity index (χ3v) is 2.59. The molecular weight excluding hydrogens is 244 g/mol. The molecule has 0 aliphatic rings. The van der Waals surface area contributed by atoms with E-state index in [2.05, 4.69) is 15.9 Å². The van der Waals surface area contributed by atoms with Gasteiger partial charge in [0, 0.05) is 10.5 Å². The number of hydrogen-bond acceptors (Lipinski definition) is 1. The van der Waals surface area contributed by atoms with Crippen LogP contribution in [-0.4, -0.2) is 11.1 Å². The molecule has 3 heteroatoms. The molecular formula is C11H11BrO2. The summed E-state index contributed by atoms with van der Waals surface area (Å²) in [4.78, 5) is 10.6. The summed E-state index contributed by atoms with van der Waals surface area (Å²) in [5, 5.41) is 8.68. The van der Waals surface area contributed by atoms with Crippen molar-refractivity contribution in [2.24, 2.45) is 0 Å². The van der Waals surface area contributed by atoms with Crippen molar-refractivity contribution < 1.29 is 9.90 Å². The van der Waals surface area contributed by atoms with E-state index in [4.69, 9.17) is 5.11 Å².